The SMILES string of the molecule is CC(=O)c1cccc(OCc2ccc(O)cc2)c1. The molecule has 0 heterocycles. The average Bonchev–Trinajstić information content (AvgIpc) is 2.38. The molecule has 2 rings (SSSR count). The van der Waals surface area contributed by atoms with Gasteiger partial charge in [-0.1, -0.05) is 24.3 Å². The van der Waals surface area contributed by atoms with E-state index in [1.54, 1.807) is 42.5 Å². The molecular formula is C15H14O3. The Balaban J connectivity index is 2.04. The van der Waals surface area contributed by atoms with Gasteiger partial charge in [-0.25, -0.2) is 0 Å². The molecule has 3 heteroatoms. The summed E-state index contributed by atoms with van der Waals surface area (Å²) in [5.74, 6) is 0.915. The zero-order chi connectivity index (χ0) is 13.0. The Kier molecular flexibility index (Phi) is 3.63. The maximum atomic E-state index is 11.2. The van der Waals surface area contributed by atoms with Crippen LogP contribution >= 0.6 is 0 Å². The van der Waals surface area contributed by atoms with Crippen LogP contribution in [0.5, 0.6) is 11.5 Å². The molecule has 0 bridgehead atoms. The number of carbonyl (C=O) groups excluding carboxylic acids is 1. The number of ketones is 1. The zero-order valence-corrected chi connectivity index (χ0v) is 10.1. The summed E-state index contributed by atoms with van der Waals surface area (Å²) in [5.41, 5.74) is 1.60. The van der Waals surface area contributed by atoms with Gasteiger partial charge < -0.3 is 9.84 Å². The van der Waals surface area contributed by atoms with E-state index in [0.29, 0.717) is 17.9 Å². The molecule has 0 aliphatic carbocycles. The Morgan fingerprint density at radius 2 is 1.89 bits per heavy atom. The summed E-state index contributed by atoms with van der Waals surface area (Å²) >= 11 is 0. The summed E-state index contributed by atoms with van der Waals surface area (Å²) in [7, 11) is 0. The molecule has 0 aliphatic heterocycles. The summed E-state index contributed by atoms with van der Waals surface area (Å²) in [6.07, 6.45) is 0. The van der Waals surface area contributed by atoms with Crippen molar-refractivity contribution in [1.29, 1.82) is 0 Å². The van der Waals surface area contributed by atoms with Gasteiger partial charge in [0.2, 0.25) is 0 Å². The predicted octanol–water partition coefficient (Wildman–Crippen LogP) is 3.17. The molecule has 2 aromatic rings. The second-order valence-corrected chi connectivity index (χ2v) is 4.04. The smallest absolute Gasteiger partial charge is 0.159 e. The number of hydrogen-bond donors (Lipinski definition) is 1. The van der Waals surface area contributed by atoms with Crippen molar-refractivity contribution in [3.63, 3.8) is 0 Å². The molecule has 0 spiro atoms. The van der Waals surface area contributed by atoms with Gasteiger partial charge in [-0.05, 0) is 36.8 Å². The van der Waals surface area contributed by atoms with E-state index in [1.165, 1.54) is 6.92 Å². The molecule has 0 atom stereocenters. The maximum absolute atomic E-state index is 11.2. The standard InChI is InChI=1S/C15H14O3/c1-11(16)13-3-2-4-15(9-13)18-10-12-5-7-14(17)8-6-12/h2-9,17H,10H2,1H3. The number of hydrogen-bond acceptors (Lipinski definition) is 3. The van der Waals surface area contributed by atoms with Crippen molar-refractivity contribution in [2.45, 2.75) is 13.5 Å². The van der Waals surface area contributed by atoms with E-state index < -0.39 is 0 Å². The van der Waals surface area contributed by atoms with Crippen molar-refractivity contribution >= 4 is 5.78 Å². The fourth-order valence-corrected chi connectivity index (χ4v) is 1.56. The lowest BCUT2D eigenvalue weighted by molar-refractivity contribution is 0.101. The first kappa shape index (κ1) is 12.2. The van der Waals surface area contributed by atoms with Gasteiger partial charge in [0.1, 0.15) is 18.1 Å². The van der Waals surface area contributed by atoms with Gasteiger partial charge in [0.15, 0.2) is 5.78 Å². The third-order valence-corrected chi connectivity index (χ3v) is 2.58. The van der Waals surface area contributed by atoms with E-state index in [2.05, 4.69) is 0 Å². The lowest BCUT2D eigenvalue weighted by Gasteiger charge is -2.07. The molecule has 0 fully saturated rings. The van der Waals surface area contributed by atoms with Crippen molar-refractivity contribution in [2.75, 3.05) is 0 Å². The number of carbonyl (C=O) groups is 1. The molecule has 1 N–H and O–H groups in total. The first-order valence-corrected chi connectivity index (χ1v) is 5.67. The predicted molar refractivity (Wildman–Crippen MR) is 68.9 cm³/mol. The summed E-state index contributed by atoms with van der Waals surface area (Å²) in [6, 6.07) is 13.9. The molecular weight excluding hydrogens is 228 g/mol. The highest BCUT2D eigenvalue weighted by Crippen LogP contribution is 2.16. The zero-order valence-electron chi connectivity index (χ0n) is 10.1. The van der Waals surface area contributed by atoms with Gasteiger partial charge in [-0.3, -0.25) is 4.79 Å². The van der Waals surface area contributed by atoms with Crippen LogP contribution in [0.25, 0.3) is 0 Å². The van der Waals surface area contributed by atoms with Crippen LogP contribution in [0.2, 0.25) is 0 Å². The van der Waals surface area contributed by atoms with E-state index in [9.17, 15) is 4.79 Å². The fraction of sp³-hybridized carbons (Fsp3) is 0.133. The van der Waals surface area contributed by atoms with E-state index in [-0.39, 0.29) is 11.5 Å². The first-order chi connectivity index (χ1) is 8.65. The Morgan fingerprint density at radius 3 is 2.56 bits per heavy atom. The number of aromatic hydroxyl groups is 1. The molecule has 18 heavy (non-hydrogen) atoms. The minimum Gasteiger partial charge on any atom is -0.508 e. The Labute approximate surface area is 106 Å². The van der Waals surface area contributed by atoms with Crippen LogP contribution in [-0.2, 0) is 6.61 Å². The Hall–Kier alpha value is -2.29. The van der Waals surface area contributed by atoms with Gasteiger partial charge >= 0.3 is 0 Å². The van der Waals surface area contributed by atoms with Crippen molar-refractivity contribution < 1.29 is 14.6 Å². The van der Waals surface area contributed by atoms with Gasteiger partial charge in [-0.15, -0.1) is 0 Å². The molecule has 0 aliphatic rings. The monoisotopic (exact) mass is 242 g/mol. The molecule has 3 nitrogen and oxygen atoms in total. The minimum atomic E-state index is 0.0186. The second kappa shape index (κ2) is 5.36. The number of phenols is 1. The van der Waals surface area contributed by atoms with Crippen LogP contribution < -0.4 is 4.74 Å². The van der Waals surface area contributed by atoms with Crippen LogP contribution in [0.4, 0.5) is 0 Å². The van der Waals surface area contributed by atoms with E-state index in [0.717, 1.165) is 5.56 Å². The normalized spacial score (nSPS) is 10.1. The highest BCUT2D eigenvalue weighted by Gasteiger charge is 2.01. The first-order valence-electron chi connectivity index (χ1n) is 5.67. The highest BCUT2D eigenvalue weighted by atomic mass is 16.5. The highest BCUT2D eigenvalue weighted by molar-refractivity contribution is 5.94. The number of ether oxygens (including phenoxy) is 1. The number of phenolic OH excluding ortho intramolecular Hbond substituents is 1. The quantitative estimate of drug-likeness (QED) is 0.837. The number of Topliss-reactive ketones (excluding diaryl/α,β-unsaturated/α-hetero) is 1. The third kappa shape index (κ3) is 3.10. The maximum Gasteiger partial charge on any atom is 0.159 e. The number of benzene rings is 2. The van der Waals surface area contributed by atoms with Crippen LogP contribution in [0.1, 0.15) is 22.8 Å². The summed E-state index contributed by atoms with van der Waals surface area (Å²) in [5, 5.41) is 9.16. The molecule has 0 amide bonds. The molecule has 0 saturated heterocycles. The van der Waals surface area contributed by atoms with Crippen LogP contribution in [0.15, 0.2) is 48.5 Å². The summed E-state index contributed by atoms with van der Waals surface area (Å²) in [4.78, 5) is 11.2. The summed E-state index contributed by atoms with van der Waals surface area (Å²) in [6.45, 7) is 1.93. The lowest BCUT2D eigenvalue weighted by atomic mass is 10.1. The minimum absolute atomic E-state index is 0.0186. The molecule has 0 aromatic heterocycles. The van der Waals surface area contributed by atoms with Gasteiger partial charge in [0.25, 0.3) is 0 Å². The molecule has 92 valence electrons. The molecule has 0 unspecified atom stereocenters. The molecule has 0 saturated carbocycles. The topological polar surface area (TPSA) is 46.5 Å². The van der Waals surface area contributed by atoms with Crippen LogP contribution in [0, 0.1) is 0 Å². The molecule has 0 radical (unpaired) electrons. The number of rotatable bonds is 4. The van der Waals surface area contributed by atoms with Crippen LogP contribution in [0.3, 0.4) is 0 Å². The van der Waals surface area contributed by atoms with Gasteiger partial charge in [0.05, 0.1) is 0 Å². The largest absolute Gasteiger partial charge is 0.508 e. The lowest BCUT2D eigenvalue weighted by Crippen LogP contribution is -1.97. The van der Waals surface area contributed by atoms with Crippen LogP contribution in [-0.4, -0.2) is 10.9 Å². The average molecular weight is 242 g/mol. The van der Waals surface area contributed by atoms with Crippen molar-refractivity contribution in [3.8, 4) is 11.5 Å². The van der Waals surface area contributed by atoms with E-state index >= 15 is 0 Å². The molecule has 2 aromatic carbocycles. The third-order valence-electron chi connectivity index (χ3n) is 2.58. The fourth-order valence-electron chi connectivity index (χ4n) is 1.56. The van der Waals surface area contributed by atoms with Crippen molar-refractivity contribution in [3.05, 3.63) is 59.7 Å². The van der Waals surface area contributed by atoms with E-state index in [4.69, 9.17) is 9.84 Å². The second-order valence-electron chi connectivity index (χ2n) is 4.04. The van der Waals surface area contributed by atoms with Gasteiger partial charge in [-0.2, -0.15) is 0 Å². The van der Waals surface area contributed by atoms with Gasteiger partial charge in [0, 0.05) is 5.56 Å². The summed E-state index contributed by atoms with van der Waals surface area (Å²) < 4.78 is 5.59. The Bertz CT molecular complexity index is 544. The van der Waals surface area contributed by atoms with E-state index in [1.807, 2.05) is 6.07 Å². The van der Waals surface area contributed by atoms with Crippen molar-refractivity contribution in [2.24, 2.45) is 0 Å². The van der Waals surface area contributed by atoms with Crippen molar-refractivity contribution in [1.82, 2.24) is 0 Å². The Morgan fingerprint density at radius 1 is 1.17 bits per heavy atom.